The first kappa shape index (κ1) is 14.9. The molecule has 2 aliphatic rings. The summed E-state index contributed by atoms with van der Waals surface area (Å²) in [5.74, 6) is 1.87. The molecule has 1 amide bonds. The molecule has 2 fully saturated rings. The van der Waals surface area contributed by atoms with Gasteiger partial charge in [0.2, 0.25) is 5.91 Å². The molecular weight excluding hydrogens is 284 g/mol. The Kier molecular flexibility index (Phi) is 4.85. The number of hydrogen-bond donors (Lipinski definition) is 1. The number of piperidine rings is 1. The summed E-state index contributed by atoms with van der Waals surface area (Å²) in [7, 11) is 1.99. The van der Waals surface area contributed by atoms with Crippen LogP contribution in [0.5, 0.6) is 0 Å². The summed E-state index contributed by atoms with van der Waals surface area (Å²) in [4.78, 5) is 18.9. The van der Waals surface area contributed by atoms with Crippen LogP contribution in [0, 0.1) is 0 Å². The first-order chi connectivity index (χ1) is 10.2. The molecule has 2 heterocycles. The highest BCUT2D eigenvalue weighted by Gasteiger charge is 2.33. The summed E-state index contributed by atoms with van der Waals surface area (Å²) in [6.07, 6.45) is 8.40. The second-order valence-electron chi connectivity index (χ2n) is 5.97. The van der Waals surface area contributed by atoms with Gasteiger partial charge >= 0.3 is 0 Å². The number of hydrogen-bond acceptors (Lipinski definition) is 4. The number of nitrogens with zero attached hydrogens (tertiary/aromatic N) is 3. The molecule has 1 aromatic rings. The Hall–Kier alpha value is -1.01. The lowest BCUT2D eigenvalue weighted by atomic mass is 10.2. The Morgan fingerprint density at radius 2 is 2.19 bits per heavy atom. The molecule has 1 saturated heterocycles. The molecule has 0 radical (unpaired) electrons. The molecule has 1 aliphatic heterocycles. The molecule has 21 heavy (non-hydrogen) atoms. The molecule has 3 rings (SSSR count). The predicted molar refractivity (Wildman–Crippen MR) is 85.1 cm³/mol. The van der Waals surface area contributed by atoms with Gasteiger partial charge in [-0.2, -0.15) is 0 Å². The Bertz CT molecular complexity index is 480. The number of aromatic nitrogens is 2. The van der Waals surface area contributed by atoms with E-state index in [1.165, 1.54) is 12.8 Å². The minimum absolute atomic E-state index is 0.282. The third kappa shape index (κ3) is 4.01. The van der Waals surface area contributed by atoms with Crippen molar-refractivity contribution in [2.24, 2.45) is 7.05 Å². The van der Waals surface area contributed by atoms with Crippen LogP contribution in [0.3, 0.4) is 0 Å². The average Bonchev–Trinajstić information content (AvgIpc) is 3.27. The normalized spacial score (nSPS) is 19.7. The molecule has 0 aromatic carbocycles. The smallest absolute Gasteiger partial charge is 0.233 e. The van der Waals surface area contributed by atoms with Gasteiger partial charge in [-0.25, -0.2) is 4.98 Å². The first-order valence-electron chi connectivity index (χ1n) is 7.82. The maximum atomic E-state index is 12.6. The summed E-state index contributed by atoms with van der Waals surface area (Å²) in [6, 6.07) is 0.447. The number of rotatable bonds is 6. The summed E-state index contributed by atoms with van der Waals surface area (Å²) in [5.41, 5.74) is 0. The van der Waals surface area contributed by atoms with E-state index in [1.54, 1.807) is 6.20 Å². The summed E-state index contributed by atoms with van der Waals surface area (Å²) >= 11 is 1.84. The molecule has 116 valence electrons. The van der Waals surface area contributed by atoms with Crippen molar-refractivity contribution in [3.05, 3.63) is 18.2 Å². The quantitative estimate of drug-likeness (QED) is 0.863. The number of amides is 1. The van der Waals surface area contributed by atoms with Crippen LogP contribution in [0.1, 0.15) is 31.5 Å². The van der Waals surface area contributed by atoms with Gasteiger partial charge in [-0.1, -0.05) is 0 Å². The Labute approximate surface area is 130 Å². The lowest BCUT2D eigenvalue weighted by Gasteiger charge is -2.25. The molecule has 6 heteroatoms. The fourth-order valence-electron chi connectivity index (χ4n) is 2.74. The van der Waals surface area contributed by atoms with Crippen molar-refractivity contribution in [1.29, 1.82) is 0 Å². The second kappa shape index (κ2) is 6.83. The highest BCUT2D eigenvalue weighted by Crippen LogP contribution is 2.29. The third-order valence-electron chi connectivity index (χ3n) is 4.27. The van der Waals surface area contributed by atoms with Crippen molar-refractivity contribution >= 4 is 17.7 Å². The van der Waals surface area contributed by atoms with Gasteiger partial charge in [-0.3, -0.25) is 4.79 Å². The molecule has 1 saturated carbocycles. The fourth-order valence-corrected chi connectivity index (χ4v) is 3.86. The van der Waals surface area contributed by atoms with Crippen molar-refractivity contribution < 1.29 is 4.79 Å². The Balaban J connectivity index is 1.53. The van der Waals surface area contributed by atoms with Crippen LogP contribution >= 0.6 is 11.8 Å². The third-order valence-corrected chi connectivity index (χ3v) is 5.63. The van der Waals surface area contributed by atoms with Crippen molar-refractivity contribution in [2.45, 2.75) is 43.5 Å². The van der Waals surface area contributed by atoms with E-state index in [1.807, 2.05) is 34.5 Å². The highest BCUT2D eigenvalue weighted by molar-refractivity contribution is 8.00. The minimum atomic E-state index is 0.282. The first-order valence-corrected chi connectivity index (χ1v) is 8.87. The molecular formula is C15H24N4OS. The molecule has 0 bridgehead atoms. The van der Waals surface area contributed by atoms with E-state index >= 15 is 0 Å². The molecule has 1 aliphatic carbocycles. The zero-order valence-electron chi connectivity index (χ0n) is 12.6. The van der Waals surface area contributed by atoms with Crippen LogP contribution in [0.2, 0.25) is 0 Å². The van der Waals surface area contributed by atoms with E-state index in [-0.39, 0.29) is 5.91 Å². The maximum Gasteiger partial charge on any atom is 0.233 e. The van der Waals surface area contributed by atoms with Crippen molar-refractivity contribution in [2.75, 3.05) is 18.8 Å². The van der Waals surface area contributed by atoms with E-state index < -0.39 is 0 Å². The summed E-state index contributed by atoms with van der Waals surface area (Å²) in [6.45, 7) is 2.83. The van der Waals surface area contributed by atoms with E-state index in [4.69, 9.17) is 0 Å². The lowest BCUT2D eigenvalue weighted by Crippen LogP contribution is -2.36. The van der Waals surface area contributed by atoms with Gasteiger partial charge in [0.15, 0.2) is 0 Å². The van der Waals surface area contributed by atoms with Crippen LogP contribution in [0.25, 0.3) is 0 Å². The number of carbonyl (C=O) groups excluding carboxylic acids is 1. The number of carbonyl (C=O) groups is 1. The number of imidazole rings is 1. The Morgan fingerprint density at radius 1 is 1.43 bits per heavy atom. The molecule has 0 atom stereocenters. The fraction of sp³-hybridized carbons (Fsp3) is 0.733. The van der Waals surface area contributed by atoms with Crippen LogP contribution in [0.4, 0.5) is 0 Å². The van der Waals surface area contributed by atoms with Gasteiger partial charge in [0.25, 0.3) is 0 Å². The monoisotopic (exact) mass is 308 g/mol. The van der Waals surface area contributed by atoms with Crippen LogP contribution in [-0.2, 0) is 18.4 Å². The zero-order chi connectivity index (χ0) is 14.7. The minimum Gasteiger partial charge on any atom is -0.337 e. The molecule has 0 spiro atoms. The standard InChI is InChI=1S/C15H24N4OS/c1-18-9-8-17-14(18)10-19(12-2-3-12)15(20)11-21-13-4-6-16-7-5-13/h8-9,12-13,16H,2-7,10-11H2,1H3. The van der Waals surface area contributed by atoms with Gasteiger partial charge < -0.3 is 14.8 Å². The Morgan fingerprint density at radius 3 is 2.81 bits per heavy atom. The number of aryl methyl sites for hydroxylation is 1. The molecule has 0 unspecified atom stereocenters. The summed E-state index contributed by atoms with van der Waals surface area (Å²) < 4.78 is 2.00. The van der Waals surface area contributed by atoms with Crippen LogP contribution < -0.4 is 5.32 Å². The van der Waals surface area contributed by atoms with Crippen molar-refractivity contribution in [3.63, 3.8) is 0 Å². The maximum absolute atomic E-state index is 12.6. The van der Waals surface area contributed by atoms with Crippen LogP contribution in [0.15, 0.2) is 12.4 Å². The van der Waals surface area contributed by atoms with Crippen LogP contribution in [-0.4, -0.2) is 50.5 Å². The van der Waals surface area contributed by atoms with E-state index in [9.17, 15) is 4.79 Å². The number of nitrogens with one attached hydrogen (secondary N) is 1. The lowest BCUT2D eigenvalue weighted by molar-refractivity contribution is -0.129. The zero-order valence-corrected chi connectivity index (χ0v) is 13.4. The molecule has 1 aromatic heterocycles. The van der Waals surface area contributed by atoms with Gasteiger partial charge in [0.05, 0.1) is 12.3 Å². The predicted octanol–water partition coefficient (Wildman–Crippen LogP) is 1.40. The van der Waals surface area contributed by atoms with Crippen molar-refractivity contribution in [3.8, 4) is 0 Å². The molecule has 1 N–H and O–H groups in total. The van der Waals surface area contributed by atoms with Crippen molar-refractivity contribution in [1.82, 2.24) is 19.8 Å². The highest BCUT2D eigenvalue weighted by atomic mass is 32.2. The van der Waals surface area contributed by atoms with Gasteiger partial charge in [0, 0.05) is 30.7 Å². The van der Waals surface area contributed by atoms with E-state index in [2.05, 4.69) is 10.3 Å². The van der Waals surface area contributed by atoms with Gasteiger partial charge in [-0.05, 0) is 38.8 Å². The van der Waals surface area contributed by atoms with Gasteiger partial charge in [-0.15, -0.1) is 11.8 Å². The van der Waals surface area contributed by atoms with Gasteiger partial charge in [0.1, 0.15) is 5.82 Å². The second-order valence-corrected chi connectivity index (χ2v) is 7.26. The largest absolute Gasteiger partial charge is 0.337 e. The SMILES string of the molecule is Cn1ccnc1CN(C(=O)CSC1CCNCC1)C1CC1. The average molecular weight is 308 g/mol. The molecule has 5 nitrogen and oxygen atoms in total. The van der Waals surface area contributed by atoms with E-state index in [0.29, 0.717) is 23.6 Å². The topological polar surface area (TPSA) is 50.2 Å². The summed E-state index contributed by atoms with van der Waals surface area (Å²) in [5, 5.41) is 4.01. The number of thioether (sulfide) groups is 1. The van der Waals surface area contributed by atoms with E-state index in [0.717, 1.165) is 31.8 Å².